The molecule has 18 heavy (non-hydrogen) atoms. The molecule has 0 aromatic carbocycles. The Hall–Kier alpha value is -0.120. The maximum absolute atomic E-state index is 5.48. The second-order valence-electron chi connectivity index (χ2n) is 5.38. The summed E-state index contributed by atoms with van der Waals surface area (Å²) in [5.74, 6) is 0.819. The highest BCUT2D eigenvalue weighted by Crippen LogP contribution is 2.24. The highest BCUT2D eigenvalue weighted by atomic mass is 16.5. The molecule has 0 amide bonds. The summed E-state index contributed by atoms with van der Waals surface area (Å²) in [6, 6.07) is 0.716. The van der Waals surface area contributed by atoms with Crippen molar-refractivity contribution in [3.05, 3.63) is 0 Å². The van der Waals surface area contributed by atoms with Crippen LogP contribution in [0.1, 0.15) is 46.0 Å². The summed E-state index contributed by atoms with van der Waals surface area (Å²) in [4.78, 5) is 2.55. The Kier molecular flexibility index (Phi) is 8.64. The smallest absolute Gasteiger partial charge is 0.0593 e. The second-order valence-corrected chi connectivity index (χ2v) is 5.38. The average molecular weight is 256 g/mol. The maximum Gasteiger partial charge on any atom is 0.0593 e. The van der Waals surface area contributed by atoms with Crippen molar-refractivity contribution in [1.82, 2.24) is 10.2 Å². The molecule has 0 aliphatic heterocycles. The monoisotopic (exact) mass is 256 g/mol. The lowest BCUT2D eigenvalue weighted by Gasteiger charge is -2.30. The molecule has 3 nitrogen and oxygen atoms in total. The zero-order valence-electron chi connectivity index (χ0n) is 12.6. The van der Waals surface area contributed by atoms with E-state index in [0.717, 1.165) is 32.2 Å². The summed E-state index contributed by atoms with van der Waals surface area (Å²) in [5.41, 5.74) is 0. The first kappa shape index (κ1) is 15.9. The molecular formula is C15H32N2O. The van der Waals surface area contributed by atoms with E-state index in [1.54, 1.807) is 0 Å². The predicted octanol–water partition coefficient (Wildman–Crippen LogP) is 2.51. The summed E-state index contributed by atoms with van der Waals surface area (Å²) in [6.45, 7) is 9.49. The standard InChI is InChI=1S/C15H32N2O/c1-4-17(11-12-18-5-2)13-14-9-7-6-8-10-15(14)16-3/h14-16H,4-13H2,1-3H3. The molecule has 0 aromatic rings. The van der Waals surface area contributed by atoms with Crippen LogP contribution in [0, 0.1) is 5.92 Å². The fraction of sp³-hybridized carbons (Fsp3) is 1.00. The van der Waals surface area contributed by atoms with Gasteiger partial charge in [-0.1, -0.05) is 26.2 Å². The topological polar surface area (TPSA) is 24.5 Å². The van der Waals surface area contributed by atoms with Gasteiger partial charge in [-0.3, -0.25) is 0 Å². The van der Waals surface area contributed by atoms with Crippen molar-refractivity contribution in [2.45, 2.75) is 52.0 Å². The normalized spacial score (nSPS) is 25.3. The number of nitrogens with one attached hydrogen (secondary N) is 1. The number of likely N-dealkylation sites (N-methyl/N-ethyl adjacent to an activating group) is 1. The molecule has 0 heterocycles. The molecule has 0 radical (unpaired) electrons. The zero-order valence-corrected chi connectivity index (χ0v) is 12.6. The van der Waals surface area contributed by atoms with Crippen LogP contribution in [0.15, 0.2) is 0 Å². The van der Waals surface area contributed by atoms with Gasteiger partial charge < -0.3 is 15.0 Å². The van der Waals surface area contributed by atoms with E-state index in [1.165, 1.54) is 38.6 Å². The Morgan fingerprint density at radius 1 is 1.17 bits per heavy atom. The van der Waals surface area contributed by atoms with E-state index in [4.69, 9.17) is 4.74 Å². The predicted molar refractivity (Wildman–Crippen MR) is 78.0 cm³/mol. The fourth-order valence-electron chi connectivity index (χ4n) is 3.03. The van der Waals surface area contributed by atoms with E-state index < -0.39 is 0 Å². The van der Waals surface area contributed by atoms with Gasteiger partial charge in [0.05, 0.1) is 6.61 Å². The summed E-state index contributed by atoms with van der Waals surface area (Å²) in [6.07, 6.45) is 6.96. The van der Waals surface area contributed by atoms with Crippen molar-refractivity contribution < 1.29 is 4.74 Å². The van der Waals surface area contributed by atoms with Gasteiger partial charge in [-0.2, -0.15) is 0 Å². The summed E-state index contributed by atoms with van der Waals surface area (Å²) < 4.78 is 5.48. The first-order chi connectivity index (χ1) is 8.81. The number of hydrogen-bond acceptors (Lipinski definition) is 3. The minimum absolute atomic E-state index is 0.716. The Morgan fingerprint density at radius 2 is 1.94 bits per heavy atom. The van der Waals surface area contributed by atoms with Crippen LogP contribution >= 0.6 is 0 Å². The van der Waals surface area contributed by atoms with Gasteiger partial charge in [-0.05, 0) is 39.3 Å². The molecule has 2 atom stereocenters. The average Bonchev–Trinajstić information content (AvgIpc) is 2.62. The third kappa shape index (κ3) is 5.68. The molecule has 1 N–H and O–H groups in total. The van der Waals surface area contributed by atoms with Gasteiger partial charge in [0.25, 0.3) is 0 Å². The lowest BCUT2D eigenvalue weighted by molar-refractivity contribution is 0.104. The van der Waals surface area contributed by atoms with Gasteiger partial charge in [-0.15, -0.1) is 0 Å². The van der Waals surface area contributed by atoms with Crippen LogP contribution in [-0.2, 0) is 4.74 Å². The van der Waals surface area contributed by atoms with E-state index in [0.29, 0.717) is 6.04 Å². The number of hydrogen-bond donors (Lipinski definition) is 1. The van der Waals surface area contributed by atoms with E-state index in [9.17, 15) is 0 Å². The SMILES string of the molecule is CCOCCN(CC)CC1CCCCCC1NC. The molecule has 1 aliphatic rings. The van der Waals surface area contributed by atoms with Crippen molar-refractivity contribution in [1.29, 1.82) is 0 Å². The summed E-state index contributed by atoms with van der Waals surface area (Å²) in [7, 11) is 2.12. The molecule has 1 fully saturated rings. The van der Waals surface area contributed by atoms with E-state index >= 15 is 0 Å². The highest BCUT2D eigenvalue weighted by molar-refractivity contribution is 4.80. The molecule has 2 unspecified atom stereocenters. The fourth-order valence-corrected chi connectivity index (χ4v) is 3.03. The van der Waals surface area contributed by atoms with Gasteiger partial charge in [0.15, 0.2) is 0 Å². The van der Waals surface area contributed by atoms with E-state index in [1.807, 2.05) is 0 Å². The molecule has 0 saturated heterocycles. The molecule has 0 bridgehead atoms. The van der Waals surface area contributed by atoms with Gasteiger partial charge >= 0.3 is 0 Å². The van der Waals surface area contributed by atoms with Crippen molar-refractivity contribution in [2.75, 3.05) is 39.9 Å². The van der Waals surface area contributed by atoms with Crippen LogP contribution in [0.4, 0.5) is 0 Å². The van der Waals surface area contributed by atoms with Crippen LogP contribution < -0.4 is 5.32 Å². The van der Waals surface area contributed by atoms with Crippen molar-refractivity contribution >= 4 is 0 Å². The number of ether oxygens (including phenoxy) is 1. The quantitative estimate of drug-likeness (QED) is 0.533. The Balaban J connectivity index is 2.39. The van der Waals surface area contributed by atoms with Gasteiger partial charge in [0.1, 0.15) is 0 Å². The van der Waals surface area contributed by atoms with Gasteiger partial charge in [-0.25, -0.2) is 0 Å². The molecule has 1 rings (SSSR count). The third-order valence-corrected chi connectivity index (χ3v) is 4.23. The molecule has 0 spiro atoms. The molecular weight excluding hydrogens is 224 g/mol. The summed E-state index contributed by atoms with van der Waals surface area (Å²) in [5, 5.41) is 3.53. The van der Waals surface area contributed by atoms with Crippen LogP contribution in [0.3, 0.4) is 0 Å². The second kappa shape index (κ2) is 9.76. The minimum atomic E-state index is 0.716. The zero-order chi connectivity index (χ0) is 13.2. The van der Waals surface area contributed by atoms with Crippen LogP contribution in [0.2, 0.25) is 0 Å². The van der Waals surface area contributed by atoms with E-state index in [-0.39, 0.29) is 0 Å². The molecule has 1 saturated carbocycles. The summed E-state index contributed by atoms with van der Waals surface area (Å²) >= 11 is 0. The minimum Gasteiger partial charge on any atom is -0.380 e. The number of rotatable bonds is 8. The molecule has 0 aromatic heterocycles. The first-order valence-corrected chi connectivity index (χ1v) is 7.79. The van der Waals surface area contributed by atoms with Crippen molar-refractivity contribution in [2.24, 2.45) is 5.92 Å². The van der Waals surface area contributed by atoms with Gasteiger partial charge in [0.2, 0.25) is 0 Å². The van der Waals surface area contributed by atoms with Crippen molar-refractivity contribution in [3.63, 3.8) is 0 Å². The largest absolute Gasteiger partial charge is 0.380 e. The first-order valence-electron chi connectivity index (χ1n) is 7.79. The van der Waals surface area contributed by atoms with E-state index in [2.05, 4.69) is 31.1 Å². The lowest BCUT2D eigenvalue weighted by Crippen LogP contribution is -2.41. The molecule has 3 heteroatoms. The Bertz CT molecular complexity index is 199. The number of nitrogens with zero attached hydrogens (tertiary/aromatic N) is 1. The van der Waals surface area contributed by atoms with Crippen LogP contribution in [-0.4, -0.2) is 50.8 Å². The molecule has 1 aliphatic carbocycles. The lowest BCUT2D eigenvalue weighted by atomic mass is 9.94. The Morgan fingerprint density at radius 3 is 2.61 bits per heavy atom. The highest BCUT2D eigenvalue weighted by Gasteiger charge is 2.23. The van der Waals surface area contributed by atoms with Crippen LogP contribution in [0.5, 0.6) is 0 Å². The maximum atomic E-state index is 5.48. The van der Waals surface area contributed by atoms with Gasteiger partial charge in [0, 0.05) is 25.7 Å². The third-order valence-electron chi connectivity index (χ3n) is 4.23. The van der Waals surface area contributed by atoms with Crippen LogP contribution in [0.25, 0.3) is 0 Å². The molecule has 108 valence electrons. The Labute approximate surface area is 113 Å². The van der Waals surface area contributed by atoms with Crippen molar-refractivity contribution in [3.8, 4) is 0 Å².